The van der Waals surface area contributed by atoms with Crippen molar-refractivity contribution in [1.29, 1.82) is 0 Å². The summed E-state index contributed by atoms with van der Waals surface area (Å²) < 4.78 is 0. The van der Waals surface area contributed by atoms with Crippen molar-refractivity contribution >= 4 is 11.9 Å². The number of amides is 1. The lowest BCUT2D eigenvalue weighted by Crippen LogP contribution is -2.25. The molecule has 0 saturated heterocycles. The third kappa shape index (κ3) is 3.76. The van der Waals surface area contributed by atoms with E-state index in [4.69, 9.17) is 5.11 Å². The molecule has 0 fully saturated rings. The Morgan fingerprint density at radius 3 is 2.29 bits per heavy atom. The van der Waals surface area contributed by atoms with E-state index in [2.05, 4.69) is 17.2 Å². The summed E-state index contributed by atoms with van der Waals surface area (Å²) in [6.07, 6.45) is 0. The monoisotopic (exact) mass is 195 g/mol. The number of aliphatic carboxylic acids is 1. The largest absolute Gasteiger partial charge is 0.478 e. The van der Waals surface area contributed by atoms with Gasteiger partial charge >= 0.3 is 5.97 Å². The van der Waals surface area contributed by atoms with Crippen molar-refractivity contribution in [3.05, 3.63) is 11.1 Å². The molecule has 0 aromatic heterocycles. The first-order chi connectivity index (χ1) is 6.50. The quantitative estimate of drug-likeness (QED) is 0.510. The summed E-state index contributed by atoms with van der Waals surface area (Å²) in [5, 5.41) is 11.1. The number of hydrogen-bond acceptors (Lipinski definition) is 2. The molecule has 1 amide bonds. The third-order valence-electron chi connectivity index (χ3n) is 1.74. The van der Waals surface area contributed by atoms with Crippen LogP contribution in [0.3, 0.4) is 0 Å². The molecule has 2 N–H and O–H groups in total. The van der Waals surface area contributed by atoms with Gasteiger partial charge in [-0.3, -0.25) is 4.79 Å². The van der Waals surface area contributed by atoms with Crippen molar-refractivity contribution in [2.75, 3.05) is 6.54 Å². The molecule has 0 aliphatic rings. The van der Waals surface area contributed by atoms with E-state index >= 15 is 0 Å². The summed E-state index contributed by atoms with van der Waals surface area (Å²) in [4.78, 5) is 21.8. The number of carboxylic acids is 1. The molecule has 0 saturated carbocycles. The summed E-state index contributed by atoms with van der Waals surface area (Å²) in [7, 11) is 0. The van der Waals surface area contributed by atoms with E-state index in [9.17, 15) is 9.59 Å². The van der Waals surface area contributed by atoms with Crippen LogP contribution in [0.15, 0.2) is 11.1 Å². The molecule has 0 aromatic rings. The lowest BCUT2D eigenvalue weighted by molar-refractivity contribution is -0.133. The normalized spacial score (nSPS) is 10.8. The zero-order valence-corrected chi connectivity index (χ0v) is 8.47. The van der Waals surface area contributed by atoms with E-state index in [0.29, 0.717) is 0 Å². The van der Waals surface area contributed by atoms with Gasteiger partial charge in [-0.05, 0) is 20.8 Å². The SMILES string of the molecule is CC#CCNC(=O)C(C)=C(C)C(=O)O. The standard InChI is InChI=1S/C10H13NO3/c1-4-5-6-11-9(12)7(2)8(3)10(13)14/h6H2,1-3H3,(H,11,12)(H,13,14). The van der Waals surface area contributed by atoms with Gasteiger partial charge in [0.15, 0.2) is 0 Å². The number of rotatable bonds is 3. The summed E-state index contributed by atoms with van der Waals surface area (Å²) in [6.45, 7) is 4.76. The lowest BCUT2D eigenvalue weighted by Gasteiger charge is -2.03. The van der Waals surface area contributed by atoms with Crippen molar-refractivity contribution in [2.24, 2.45) is 0 Å². The Balaban J connectivity index is 4.44. The van der Waals surface area contributed by atoms with Crippen LogP contribution >= 0.6 is 0 Å². The van der Waals surface area contributed by atoms with Gasteiger partial charge in [-0.15, -0.1) is 5.92 Å². The maximum absolute atomic E-state index is 11.3. The molecule has 76 valence electrons. The minimum absolute atomic E-state index is 0.0481. The topological polar surface area (TPSA) is 66.4 Å². The minimum Gasteiger partial charge on any atom is -0.478 e. The second kappa shape index (κ2) is 5.81. The average Bonchev–Trinajstić information content (AvgIpc) is 2.15. The molecule has 4 nitrogen and oxygen atoms in total. The fraction of sp³-hybridized carbons (Fsp3) is 0.400. The molecule has 0 rings (SSSR count). The van der Waals surface area contributed by atoms with E-state index < -0.39 is 11.9 Å². The zero-order chi connectivity index (χ0) is 11.1. The van der Waals surface area contributed by atoms with Crippen molar-refractivity contribution < 1.29 is 14.7 Å². The van der Waals surface area contributed by atoms with Crippen LogP contribution in [0.1, 0.15) is 20.8 Å². The summed E-state index contributed by atoms with van der Waals surface area (Å²) in [5.41, 5.74) is 0.252. The highest BCUT2D eigenvalue weighted by molar-refractivity contribution is 6.01. The van der Waals surface area contributed by atoms with E-state index in [1.165, 1.54) is 13.8 Å². The van der Waals surface area contributed by atoms with Crippen LogP contribution in [0.4, 0.5) is 0 Å². The molecule has 0 aliphatic heterocycles. The molecule has 0 radical (unpaired) electrons. The third-order valence-corrected chi connectivity index (χ3v) is 1.74. The molecular formula is C10H13NO3. The van der Waals surface area contributed by atoms with Crippen molar-refractivity contribution in [1.82, 2.24) is 5.32 Å². The Hall–Kier alpha value is -1.76. The maximum atomic E-state index is 11.3. The average molecular weight is 195 g/mol. The number of carbonyl (C=O) groups excluding carboxylic acids is 1. The van der Waals surface area contributed by atoms with E-state index in [0.717, 1.165) is 0 Å². The molecule has 0 heterocycles. The fourth-order valence-corrected chi connectivity index (χ4v) is 0.676. The minimum atomic E-state index is -1.08. The van der Waals surface area contributed by atoms with Crippen molar-refractivity contribution in [3.8, 4) is 11.8 Å². The first-order valence-corrected chi connectivity index (χ1v) is 4.09. The van der Waals surface area contributed by atoms with Crippen LogP contribution < -0.4 is 5.32 Å². The smallest absolute Gasteiger partial charge is 0.331 e. The highest BCUT2D eigenvalue weighted by Gasteiger charge is 2.11. The predicted molar refractivity (Wildman–Crippen MR) is 52.5 cm³/mol. The molecule has 4 heteroatoms. The Kier molecular flexibility index (Phi) is 5.08. The fourth-order valence-electron chi connectivity index (χ4n) is 0.676. The van der Waals surface area contributed by atoms with Gasteiger partial charge in [0.2, 0.25) is 5.91 Å². The van der Waals surface area contributed by atoms with Gasteiger partial charge in [0.1, 0.15) is 0 Å². The van der Waals surface area contributed by atoms with Crippen molar-refractivity contribution in [3.63, 3.8) is 0 Å². The summed E-state index contributed by atoms with van der Waals surface area (Å²) >= 11 is 0. The number of nitrogens with one attached hydrogen (secondary N) is 1. The van der Waals surface area contributed by atoms with Crippen LogP contribution in [0.5, 0.6) is 0 Å². The number of hydrogen-bond donors (Lipinski definition) is 2. The lowest BCUT2D eigenvalue weighted by atomic mass is 10.1. The maximum Gasteiger partial charge on any atom is 0.331 e. The van der Waals surface area contributed by atoms with Gasteiger partial charge in [-0.1, -0.05) is 5.92 Å². The Morgan fingerprint density at radius 1 is 1.29 bits per heavy atom. The molecule has 14 heavy (non-hydrogen) atoms. The molecule has 0 aromatic carbocycles. The van der Waals surface area contributed by atoms with Crippen molar-refractivity contribution in [2.45, 2.75) is 20.8 Å². The van der Waals surface area contributed by atoms with Gasteiger partial charge in [-0.2, -0.15) is 0 Å². The predicted octanol–water partition coefficient (Wildman–Crippen LogP) is 0.547. The molecular weight excluding hydrogens is 182 g/mol. The first-order valence-electron chi connectivity index (χ1n) is 4.09. The second-order valence-electron chi connectivity index (χ2n) is 2.66. The molecule has 0 bridgehead atoms. The van der Waals surface area contributed by atoms with Gasteiger partial charge < -0.3 is 10.4 Å². The van der Waals surface area contributed by atoms with Gasteiger partial charge in [-0.25, -0.2) is 4.79 Å². The van der Waals surface area contributed by atoms with Gasteiger partial charge in [0.25, 0.3) is 0 Å². The molecule has 0 aliphatic carbocycles. The summed E-state index contributed by atoms with van der Waals surface area (Å²) in [6, 6.07) is 0. The molecule has 0 unspecified atom stereocenters. The van der Waals surface area contributed by atoms with Gasteiger partial charge in [0.05, 0.1) is 6.54 Å². The number of carboxylic acid groups (broad SMARTS) is 1. The first kappa shape index (κ1) is 12.2. The van der Waals surface area contributed by atoms with Crippen LogP contribution in [0, 0.1) is 11.8 Å². The van der Waals surface area contributed by atoms with E-state index in [1.807, 2.05) is 0 Å². The highest BCUT2D eigenvalue weighted by atomic mass is 16.4. The highest BCUT2D eigenvalue weighted by Crippen LogP contribution is 2.02. The molecule has 0 spiro atoms. The van der Waals surface area contributed by atoms with Crippen LogP contribution in [-0.4, -0.2) is 23.5 Å². The Bertz CT molecular complexity index is 331. The van der Waals surface area contributed by atoms with Crippen LogP contribution in [0.2, 0.25) is 0 Å². The Morgan fingerprint density at radius 2 is 1.86 bits per heavy atom. The van der Waals surface area contributed by atoms with E-state index in [1.54, 1.807) is 6.92 Å². The summed E-state index contributed by atoms with van der Waals surface area (Å²) in [5.74, 6) is 3.79. The Labute approximate surface area is 83.0 Å². The zero-order valence-electron chi connectivity index (χ0n) is 8.47. The molecule has 0 atom stereocenters. The van der Waals surface area contributed by atoms with Crippen LogP contribution in [-0.2, 0) is 9.59 Å². The number of carbonyl (C=O) groups is 2. The van der Waals surface area contributed by atoms with Gasteiger partial charge in [0, 0.05) is 11.1 Å². The second-order valence-corrected chi connectivity index (χ2v) is 2.66. The van der Waals surface area contributed by atoms with E-state index in [-0.39, 0.29) is 17.7 Å². The van der Waals surface area contributed by atoms with Crippen LogP contribution in [0.25, 0.3) is 0 Å².